The third kappa shape index (κ3) is 3.88. The van der Waals surface area contributed by atoms with E-state index in [4.69, 9.17) is 0 Å². The van der Waals surface area contributed by atoms with Crippen LogP contribution in [0.3, 0.4) is 0 Å². The van der Waals surface area contributed by atoms with E-state index in [0.717, 1.165) is 47.4 Å². The number of hydrogen-bond acceptors (Lipinski definition) is 4. The smallest absolute Gasteiger partial charge is 0.245 e. The lowest BCUT2D eigenvalue weighted by atomic mass is 10.2. The van der Waals surface area contributed by atoms with Gasteiger partial charge in [-0.1, -0.05) is 13.8 Å². The molecule has 120 valence electrons. The van der Waals surface area contributed by atoms with E-state index < -0.39 is 10.0 Å². The third-order valence-corrected chi connectivity index (χ3v) is 8.02. The molecule has 21 heavy (non-hydrogen) atoms. The minimum absolute atomic E-state index is 0.156. The lowest BCUT2D eigenvalue weighted by molar-refractivity contribution is 0.379. The van der Waals surface area contributed by atoms with Gasteiger partial charge in [0.2, 0.25) is 10.0 Å². The lowest BCUT2D eigenvalue weighted by Crippen LogP contribution is -2.35. The zero-order chi connectivity index (χ0) is 15.5. The Kier molecular flexibility index (Phi) is 6.25. The molecule has 1 atom stereocenters. The van der Waals surface area contributed by atoms with E-state index in [-0.39, 0.29) is 6.04 Å². The molecule has 1 N–H and O–H groups in total. The van der Waals surface area contributed by atoms with Crippen LogP contribution < -0.4 is 5.32 Å². The predicted octanol–water partition coefficient (Wildman–Crippen LogP) is 3.57. The molecule has 7 heteroatoms. The summed E-state index contributed by atoms with van der Waals surface area (Å²) in [5.74, 6) is 0. The van der Waals surface area contributed by atoms with Gasteiger partial charge in [0.1, 0.15) is 4.90 Å². The summed E-state index contributed by atoms with van der Waals surface area (Å²) < 4.78 is 28.1. The Bertz CT molecular complexity index is 572. The molecule has 0 amide bonds. The first-order valence-electron chi connectivity index (χ1n) is 7.51. The van der Waals surface area contributed by atoms with Crippen LogP contribution in [0.1, 0.15) is 44.4 Å². The summed E-state index contributed by atoms with van der Waals surface area (Å²) >= 11 is 4.94. The number of nitrogens with zero attached hydrogens (tertiary/aromatic N) is 1. The summed E-state index contributed by atoms with van der Waals surface area (Å²) in [5, 5.41) is 3.31. The van der Waals surface area contributed by atoms with Crippen LogP contribution in [0.4, 0.5) is 0 Å². The van der Waals surface area contributed by atoms with E-state index in [1.165, 1.54) is 11.3 Å². The van der Waals surface area contributed by atoms with Crippen LogP contribution in [0.25, 0.3) is 0 Å². The highest BCUT2D eigenvalue weighted by Crippen LogP contribution is 2.36. The Morgan fingerprint density at radius 1 is 1.48 bits per heavy atom. The molecule has 0 spiro atoms. The van der Waals surface area contributed by atoms with Crippen LogP contribution >= 0.6 is 27.3 Å². The van der Waals surface area contributed by atoms with Crippen molar-refractivity contribution in [1.29, 1.82) is 0 Å². The molecule has 1 aliphatic heterocycles. The molecule has 1 saturated heterocycles. The van der Waals surface area contributed by atoms with E-state index in [1.807, 2.05) is 6.07 Å². The first-order chi connectivity index (χ1) is 10.0. The zero-order valence-corrected chi connectivity index (χ0v) is 15.8. The highest BCUT2D eigenvalue weighted by Gasteiger charge is 2.36. The minimum Gasteiger partial charge on any atom is -0.312 e. The van der Waals surface area contributed by atoms with Crippen molar-refractivity contribution in [2.45, 2.75) is 57.0 Å². The lowest BCUT2D eigenvalue weighted by Gasteiger charge is -2.22. The topological polar surface area (TPSA) is 49.4 Å². The number of nitrogens with one attached hydrogen (secondary N) is 1. The largest absolute Gasteiger partial charge is 0.312 e. The molecule has 2 rings (SSSR count). The maximum atomic E-state index is 12.9. The van der Waals surface area contributed by atoms with Crippen LogP contribution in [-0.4, -0.2) is 31.9 Å². The Morgan fingerprint density at radius 3 is 2.90 bits per heavy atom. The number of thiophene rings is 1. The molecular formula is C14H23BrN2O2S2. The van der Waals surface area contributed by atoms with Gasteiger partial charge in [-0.25, -0.2) is 8.42 Å². The van der Waals surface area contributed by atoms with E-state index in [9.17, 15) is 8.42 Å². The molecule has 1 aromatic heterocycles. The van der Waals surface area contributed by atoms with Gasteiger partial charge < -0.3 is 5.32 Å². The summed E-state index contributed by atoms with van der Waals surface area (Å²) in [6.07, 6.45) is 3.89. The fraction of sp³-hybridized carbons (Fsp3) is 0.714. The molecule has 0 bridgehead atoms. The first-order valence-corrected chi connectivity index (χ1v) is 10.6. The van der Waals surface area contributed by atoms with Gasteiger partial charge >= 0.3 is 0 Å². The van der Waals surface area contributed by atoms with Crippen molar-refractivity contribution in [2.24, 2.45) is 0 Å². The van der Waals surface area contributed by atoms with Crippen molar-refractivity contribution < 1.29 is 8.42 Å². The summed E-state index contributed by atoms with van der Waals surface area (Å²) in [4.78, 5) is 1.49. The second kappa shape index (κ2) is 7.55. The second-order valence-electron chi connectivity index (χ2n) is 5.35. The molecule has 1 fully saturated rings. The van der Waals surface area contributed by atoms with E-state index in [1.54, 1.807) is 4.31 Å². The molecule has 2 heterocycles. The van der Waals surface area contributed by atoms with Crippen LogP contribution in [0.15, 0.2) is 14.7 Å². The van der Waals surface area contributed by atoms with E-state index >= 15 is 0 Å². The second-order valence-corrected chi connectivity index (χ2v) is 9.66. The quantitative estimate of drug-likeness (QED) is 0.718. The van der Waals surface area contributed by atoms with Crippen LogP contribution in [-0.2, 0) is 16.6 Å². The Hall–Kier alpha value is 0.0500. The van der Waals surface area contributed by atoms with Crippen LogP contribution in [0.2, 0.25) is 0 Å². The first kappa shape index (κ1) is 17.4. The summed E-state index contributed by atoms with van der Waals surface area (Å²) in [5.41, 5.74) is 0. The Labute approximate surface area is 140 Å². The van der Waals surface area contributed by atoms with Crippen molar-refractivity contribution >= 4 is 37.3 Å². The monoisotopic (exact) mass is 394 g/mol. The number of halogens is 1. The fourth-order valence-electron chi connectivity index (χ4n) is 2.71. The molecule has 4 nitrogen and oxygen atoms in total. The van der Waals surface area contributed by atoms with Gasteiger partial charge in [-0.3, -0.25) is 0 Å². The molecule has 1 unspecified atom stereocenters. The van der Waals surface area contributed by atoms with Gasteiger partial charge in [-0.2, -0.15) is 4.31 Å². The highest BCUT2D eigenvalue weighted by atomic mass is 79.9. The molecule has 0 radical (unpaired) electrons. The van der Waals surface area contributed by atoms with Gasteiger partial charge in [0.25, 0.3) is 0 Å². The van der Waals surface area contributed by atoms with Gasteiger partial charge in [-0.05, 0) is 54.2 Å². The molecule has 1 aromatic rings. The SMILES string of the molecule is CCCNCc1cc(S(=O)(=O)N2CCCC2CC)c(Br)s1. The molecule has 1 aliphatic rings. The normalized spacial score (nSPS) is 20.2. The van der Waals surface area contributed by atoms with Gasteiger partial charge in [0.15, 0.2) is 0 Å². The van der Waals surface area contributed by atoms with Gasteiger partial charge in [0.05, 0.1) is 3.79 Å². The summed E-state index contributed by atoms with van der Waals surface area (Å²) in [6, 6.07) is 1.97. The fourth-order valence-corrected chi connectivity index (χ4v) is 7.08. The maximum Gasteiger partial charge on any atom is 0.245 e. The number of hydrogen-bond donors (Lipinski definition) is 1. The van der Waals surface area contributed by atoms with E-state index in [0.29, 0.717) is 11.4 Å². The van der Waals surface area contributed by atoms with Crippen LogP contribution in [0, 0.1) is 0 Å². The minimum atomic E-state index is -3.37. The average Bonchev–Trinajstić information content (AvgIpc) is 3.06. The van der Waals surface area contributed by atoms with Gasteiger partial charge in [-0.15, -0.1) is 11.3 Å². The number of rotatable bonds is 7. The predicted molar refractivity (Wildman–Crippen MR) is 91.2 cm³/mol. The van der Waals surface area contributed by atoms with Crippen molar-refractivity contribution in [3.63, 3.8) is 0 Å². The molecule has 0 aliphatic carbocycles. The molecule has 0 saturated carbocycles. The maximum absolute atomic E-state index is 12.9. The Balaban J connectivity index is 2.20. The van der Waals surface area contributed by atoms with Crippen molar-refractivity contribution in [3.8, 4) is 0 Å². The third-order valence-electron chi connectivity index (χ3n) is 3.81. The standard InChI is InChI=1S/C14H23BrN2O2S2/c1-3-7-16-10-12-9-13(14(15)20-12)21(18,19)17-8-5-6-11(17)4-2/h9,11,16H,3-8,10H2,1-2H3. The zero-order valence-electron chi connectivity index (χ0n) is 12.6. The van der Waals surface area contributed by atoms with Crippen LogP contribution in [0.5, 0.6) is 0 Å². The van der Waals surface area contributed by atoms with E-state index in [2.05, 4.69) is 35.1 Å². The summed E-state index contributed by atoms with van der Waals surface area (Å²) in [6.45, 7) is 6.49. The van der Waals surface area contributed by atoms with Crippen molar-refractivity contribution in [3.05, 3.63) is 14.7 Å². The van der Waals surface area contributed by atoms with Crippen molar-refractivity contribution in [2.75, 3.05) is 13.1 Å². The summed E-state index contributed by atoms with van der Waals surface area (Å²) in [7, 11) is -3.37. The number of sulfonamides is 1. The van der Waals surface area contributed by atoms with Crippen molar-refractivity contribution in [1.82, 2.24) is 9.62 Å². The van der Waals surface area contributed by atoms with Gasteiger partial charge in [0, 0.05) is 24.0 Å². The molecular weight excluding hydrogens is 372 g/mol. The highest BCUT2D eigenvalue weighted by molar-refractivity contribution is 9.11. The molecule has 0 aromatic carbocycles. The Morgan fingerprint density at radius 2 is 2.24 bits per heavy atom. The average molecular weight is 395 g/mol.